The molecule has 0 spiro atoms. The quantitative estimate of drug-likeness (QED) is 0.749. The van der Waals surface area contributed by atoms with Gasteiger partial charge in [-0.15, -0.1) is 0 Å². The summed E-state index contributed by atoms with van der Waals surface area (Å²) in [7, 11) is 8.22. The number of nitrogens with zero attached hydrogens (tertiary/aromatic N) is 2. The highest BCUT2D eigenvalue weighted by molar-refractivity contribution is 5.83. The maximum atomic E-state index is 12.9. The van der Waals surface area contributed by atoms with Crippen molar-refractivity contribution in [1.29, 1.82) is 0 Å². The zero-order chi connectivity index (χ0) is 19.6. The molecule has 1 aliphatic carbocycles. The number of anilines is 2. The second kappa shape index (κ2) is 8.16. The van der Waals surface area contributed by atoms with Crippen molar-refractivity contribution in [3.05, 3.63) is 59.7 Å². The molecule has 3 rings (SSSR count). The molecular formula is C24H32N2O. The largest absolute Gasteiger partial charge is 0.378 e. The van der Waals surface area contributed by atoms with Gasteiger partial charge in [0.1, 0.15) is 5.78 Å². The monoisotopic (exact) mass is 364 g/mol. The van der Waals surface area contributed by atoms with Crippen LogP contribution in [0.15, 0.2) is 48.5 Å². The minimum atomic E-state index is 0.0733. The summed E-state index contributed by atoms with van der Waals surface area (Å²) in [5.74, 6) is 1.24. The Morgan fingerprint density at radius 2 is 1.26 bits per heavy atom. The molecule has 144 valence electrons. The Labute approximate surface area is 164 Å². The molecule has 1 aliphatic rings. The third kappa shape index (κ3) is 4.35. The third-order valence-electron chi connectivity index (χ3n) is 5.89. The van der Waals surface area contributed by atoms with Crippen LogP contribution < -0.4 is 9.80 Å². The molecule has 0 saturated heterocycles. The third-order valence-corrected chi connectivity index (χ3v) is 5.89. The van der Waals surface area contributed by atoms with Crippen LogP contribution in [-0.2, 0) is 4.79 Å². The summed E-state index contributed by atoms with van der Waals surface area (Å²) in [5, 5.41) is 0. The average molecular weight is 365 g/mol. The topological polar surface area (TPSA) is 23.6 Å². The Balaban J connectivity index is 2.01. The SMILES string of the molecule is CC1CCC(=O)[C@H](C(c2ccc(N(C)C)cc2)c2ccc(N(C)C)cc2)C1. The minimum Gasteiger partial charge on any atom is -0.378 e. The average Bonchev–Trinajstić information content (AvgIpc) is 2.65. The first kappa shape index (κ1) is 19.5. The van der Waals surface area contributed by atoms with Gasteiger partial charge in [-0.05, 0) is 54.2 Å². The normalized spacial score (nSPS) is 20.0. The Bertz CT molecular complexity index is 710. The van der Waals surface area contributed by atoms with Gasteiger partial charge in [0, 0.05) is 57.8 Å². The molecule has 0 aromatic heterocycles. The van der Waals surface area contributed by atoms with Crippen molar-refractivity contribution in [2.75, 3.05) is 38.0 Å². The number of carbonyl (C=O) groups is 1. The van der Waals surface area contributed by atoms with Crippen LogP contribution in [-0.4, -0.2) is 34.0 Å². The maximum Gasteiger partial charge on any atom is 0.136 e. The predicted octanol–water partition coefficient (Wildman–Crippen LogP) is 4.96. The number of ketones is 1. The first-order chi connectivity index (χ1) is 12.9. The number of benzene rings is 2. The van der Waals surface area contributed by atoms with Crippen LogP contribution >= 0.6 is 0 Å². The highest BCUT2D eigenvalue weighted by Gasteiger charge is 2.34. The molecule has 0 bridgehead atoms. The highest BCUT2D eigenvalue weighted by atomic mass is 16.1. The number of hydrogen-bond acceptors (Lipinski definition) is 3. The molecule has 3 heteroatoms. The van der Waals surface area contributed by atoms with Gasteiger partial charge in [0.2, 0.25) is 0 Å². The van der Waals surface area contributed by atoms with E-state index >= 15 is 0 Å². The van der Waals surface area contributed by atoms with Crippen LogP contribution in [0.4, 0.5) is 11.4 Å². The molecule has 27 heavy (non-hydrogen) atoms. The fourth-order valence-electron chi connectivity index (χ4n) is 4.20. The van der Waals surface area contributed by atoms with E-state index in [1.165, 1.54) is 22.5 Å². The van der Waals surface area contributed by atoms with Crippen LogP contribution in [0.1, 0.15) is 43.2 Å². The first-order valence-electron chi connectivity index (χ1n) is 9.94. The van der Waals surface area contributed by atoms with Gasteiger partial charge < -0.3 is 9.80 Å². The number of hydrogen-bond donors (Lipinski definition) is 0. The van der Waals surface area contributed by atoms with Crippen LogP contribution in [0.3, 0.4) is 0 Å². The van der Waals surface area contributed by atoms with Gasteiger partial charge in [0.15, 0.2) is 0 Å². The fraction of sp³-hybridized carbons (Fsp3) is 0.458. The standard InChI is InChI=1S/C24H32N2O/c1-17-6-15-23(27)22(16-17)24(18-7-11-20(12-8-18)25(2)3)19-9-13-21(14-10-19)26(4)5/h7-14,17,22,24H,6,15-16H2,1-5H3/t17?,22-/m1/s1. The van der Waals surface area contributed by atoms with Crippen LogP contribution in [0.25, 0.3) is 0 Å². The molecule has 0 radical (unpaired) electrons. The van der Waals surface area contributed by atoms with Gasteiger partial charge >= 0.3 is 0 Å². The summed E-state index contributed by atoms with van der Waals surface area (Å²) in [6.07, 6.45) is 2.73. The Hall–Kier alpha value is -2.29. The summed E-state index contributed by atoms with van der Waals surface area (Å²) >= 11 is 0. The molecule has 1 saturated carbocycles. The van der Waals surface area contributed by atoms with E-state index in [0.717, 1.165) is 12.8 Å². The van der Waals surface area contributed by atoms with Crippen LogP contribution in [0, 0.1) is 11.8 Å². The molecule has 0 heterocycles. The van der Waals surface area contributed by atoms with Gasteiger partial charge in [-0.2, -0.15) is 0 Å². The van der Waals surface area contributed by atoms with Crippen molar-refractivity contribution < 1.29 is 4.79 Å². The zero-order valence-electron chi connectivity index (χ0n) is 17.3. The lowest BCUT2D eigenvalue weighted by Gasteiger charge is -2.33. The molecule has 1 unspecified atom stereocenters. The van der Waals surface area contributed by atoms with E-state index in [1.54, 1.807) is 0 Å². The zero-order valence-corrected chi connectivity index (χ0v) is 17.3. The first-order valence-corrected chi connectivity index (χ1v) is 9.94. The highest BCUT2D eigenvalue weighted by Crippen LogP contribution is 2.41. The lowest BCUT2D eigenvalue weighted by atomic mass is 9.70. The van der Waals surface area contributed by atoms with Crippen molar-refractivity contribution in [2.45, 2.75) is 32.1 Å². The van der Waals surface area contributed by atoms with E-state index in [1.807, 2.05) is 0 Å². The fourth-order valence-corrected chi connectivity index (χ4v) is 4.20. The number of rotatable bonds is 5. The number of Topliss-reactive ketones (excluding diaryl/α,β-unsaturated/α-hetero) is 1. The second-order valence-corrected chi connectivity index (χ2v) is 8.40. The van der Waals surface area contributed by atoms with E-state index in [-0.39, 0.29) is 11.8 Å². The van der Waals surface area contributed by atoms with Gasteiger partial charge in [-0.3, -0.25) is 4.79 Å². The smallest absolute Gasteiger partial charge is 0.136 e. The Kier molecular flexibility index (Phi) is 5.88. The van der Waals surface area contributed by atoms with E-state index in [0.29, 0.717) is 18.1 Å². The van der Waals surface area contributed by atoms with Gasteiger partial charge in [0.25, 0.3) is 0 Å². The van der Waals surface area contributed by atoms with Crippen LogP contribution in [0.5, 0.6) is 0 Å². The maximum absolute atomic E-state index is 12.9. The van der Waals surface area contributed by atoms with E-state index in [9.17, 15) is 4.79 Å². The van der Waals surface area contributed by atoms with Crippen molar-refractivity contribution in [2.24, 2.45) is 11.8 Å². The summed E-state index contributed by atoms with van der Waals surface area (Å²) in [6.45, 7) is 2.28. The molecule has 2 aromatic carbocycles. The summed E-state index contributed by atoms with van der Waals surface area (Å²) < 4.78 is 0. The van der Waals surface area contributed by atoms with E-state index in [2.05, 4.69) is 93.4 Å². The van der Waals surface area contributed by atoms with Crippen LogP contribution in [0.2, 0.25) is 0 Å². The number of carbonyl (C=O) groups excluding carboxylic acids is 1. The van der Waals surface area contributed by atoms with Gasteiger partial charge in [-0.1, -0.05) is 31.2 Å². The Morgan fingerprint density at radius 1 is 0.815 bits per heavy atom. The minimum absolute atomic E-state index is 0.0733. The molecule has 0 N–H and O–H groups in total. The second-order valence-electron chi connectivity index (χ2n) is 8.40. The summed E-state index contributed by atoms with van der Waals surface area (Å²) in [4.78, 5) is 17.1. The van der Waals surface area contributed by atoms with E-state index < -0.39 is 0 Å². The van der Waals surface area contributed by atoms with Gasteiger partial charge in [-0.25, -0.2) is 0 Å². The van der Waals surface area contributed by atoms with Gasteiger partial charge in [0.05, 0.1) is 0 Å². The molecule has 3 nitrogen and oxygen atoms in total. The Morgan fingerprint density at radius 3 is 1.67 bits per heavy atom. The molecule has 0 aliphatic heterocycles. The molecule has 0 amide bonds. The van der Waals surface area contributed by atoms with Crippen molar-refractivity contribution in [3.63, 3.8) is 0 Å². The lowest BCUT2D eigenvalue weighted by Crippen LogP contribution is -2.29. The summed E-state index contributed by atoms with van der Waals surface area (Å²) in [5.41, 5.74) is 4.85. The predicted molar refractivity (Wildman–Crippen MR) is 115 cm³/mol. The lowest BCUT2D eigenvalue weighted by molar-refractivity contribution is -0.125. The van der Waals surface area contributed by atoms with E-state index in [4.69, 9.17) is 0 Å². The van der Waals surface area contributed by atoms with Crippen molar-refractivity contribution >= 4 is 17.2 Å². The molecular weight excluding hydrogens is 332 g/mol. The molecule has 2 aromatic rings. The molecule has 2 atom stereocenters. The summed E-state index contributed by atoms with van der Waals surface area (Å²) in [6, 6.07) is 17.4. The van der Waals surface area contributed by atoms with Crippen molar-refractivity contribution in [3.8, 4) is 0 Å². The van der Waals surface area contributed by atoms with Crippen molar-refractivity contribution in [1.82, 2.24) is 0 Å². The molecule has 1 fully saturated rings.